The maximum atomic E-state index is 10.5. The number of carboxylic acid groups (broad SMARTS) is 1. The molecule has 0 saturated heterocycles. The highest BCUT2D eigenvalue weighted by Crippen LogP contribution is 2.05. The summed E-state index contributed by atoms with van der Waals surface area (Å²) in [6, 6.07) is 9.23. The van der Waals surface area contributed by atoms with E-state index in [2.05, 4.69) is 0 Å². The Kier molecular flexibility index (Phi) is 3.69. The van der Waals surface area contributed by atoms with E-state index in [4.69, 9.17) is 10.4 Å². The van der Waals surface area contributed by atoms with Crippen LogP contribution in [0.4, 0.5) is 4.79 Å². The number of amides is 1. The fourth-order valence-electron chi connectivity index (χ4n) is 1.19. The van der Waals surface area contributed by atoms with Crippen molar-refractivity contribution < 1.29 is 9.90 Å². The molecule has 4 nitrogen and oxygen atoms in total. The Hall–Kier alpha value is -2.02. The van der Waals surface area contributed by atoms with Crippen molar-refractivity contribution in [3.05, 3.63) is 35.4 Å². The number of carbonyl (C=O) groups is 1. The summed E-state index contributed by atoms with van der Waals surface area (Å²) in [7, 11) is 1.52. The number of hydrogen-bond donors (Lipinski definition) is 1. The molecule has 0 atom stereocenters. The van der Waals surface area contributed by atoms with Gasteiger partial charge in [0, 0.05) is 13.6 Å². The number of hydrogen-bond acceptors (Lipinski definition) is 2. The molecule has 0 fully saturated rings. The highest BCUT2D eigenvalue weighted by Gasteiger charge is 2.04. The lowest BCUT2D eigenvalue weighted by molar-refractivity contribution is 0.156. The second kappa shape index (κ2) is 5.01. The van der Waals surface area contributed by atoms with Crippen LogP contribution in [-0.2, 0) is 6.42 Å². The van der Waals surface area contributed by atoms with E-state index in [0.717, 1.165) is 5.56 Å². The molecule has 4 heteroatoms. The Bertz CT molecular complexity index is 396. The van der Waals surface area contributed by atoms with Crippen molar-refractivity contribution in [2.75, 3.05) is 13.6 Å². The summed E-state index contributed by atoms with van der Waals surface area (Å²) in [4.78, 5) is 11.7. The summed E-state index contributed by atoms with van der Waals surface area (Å²) in [6.45, 7) is 0.435. The molecular formula is C11H12N2O2. The Labute approximate surface area is 88.4 Å². The van der Waals surface area contributed by atoms with Crippen molar-refractivity contribution in [1.82, 2.24) is 4.90 Å². The molecule has 1 aromatic carbocycles. The van der Waals surface area contributed by atoms with E-state index in [-0.39, 0.29) is 0 Å². The fourth-order valence-corrected chi connectivity index (χ4v) is 1.19. The lowest BCUT2D eigenvalue weighted by Gasteiger charge is -2.12. The zero-order valence-electron chi connectivity index (χ0n) is 8.47. The third-order valence-corrected chi connectivity index (χ3v) is 2.12. The quantitative estimate of drug-likeness (QED) is 0.815. The van der Waals surface area contributed by atoms with Gasteiger partial charge in [-0.3, -0.25) is 0 Å². The molecule has 1 amide bonds. The van der Waals surface area contributed by atoms with Crippen molar-refractivity contribution in [3.8, 4) is 6.07 Å². The Morgan fingerprint density at radius 2 is 2.33 bits per heavy atom. The first kappa shape index (κ1) is 11.1. The Morgan fingerprint density at radius 3 is 2.93 bits per heavy atom. The molecule has 0 aromatic heterocycles. The van der Waals surface area contributed by atoms with Crippen LogP contribution in [0.15, 0.2) is 24.3 Å². The zero-order chi connectivity index (χ0) is 11.3. The summed E-state index contributed by atoms with van der Waals surface area (Å²) in [5.74, 6) is 0. The molecule has 0 spiro atoms. The Morgan fingerprint density at radius 1 is 1.60 bits per heavy atom. The van der Waals surface area contributed by atoms with Crippen LogP contribution in [0.3, 0.4) is 0 Å². The minimum Gasteiger partial charge on any atom is -0.465 e. The molecule has 0 aliphatic heterocycles. The topological polar surface area (TPSA) is 64.3 Å². The van der Waals surface area contributed by atoms with Gasteiger partial charge in [0.05, 0.1) is 11.6 Å². The van der Waals surface area contributed by atoms with Crippen LogP contribution in [0.5, 0.6) is 0 Å². The van der Waals surface area contributed by atoms with Gasteiger partial charge < -0.3 is 10.0 Å². The second-order valence-corrected chi connectivity index (χ2v) is 3.27. The predicted octanol–water partition coefficient (Wildman–Crippen LogP) is 1.71. The molecule has 0 unspecified atom stereocenters. The van der Waals surface area contributed by atoms with Gasteiger partial charge in [-0.05, 0) is 24.1 Å². The van der Waals surface area contributed by atoms with E-state index in [1.165, 1.54) is 11.9 Å². The van der Waals surface area contributed by atoms with Gasteiger partial charge >= 0.3 is 6.09 Å². The maximum absolute atomic E-state index is 10.5. The third-order valence-electron chi connectivity index (χ3n) is 2.12. The summed E-state index contributed by atoms with van der Waals surface area (Å²) in [6.07, 6.45) is -0.315. The molecule has 1 N–H and O–H groups in total. The van der Waals surface area contributed by atoms with Crippen LogP contribution in [0.25, 0.3) is 0 Å². The molecule has 1 rings (SSSR count). The smallest absolute Gasteiger partial charge is 0.407 e. The van der Waals surface area contributed by atoms with Gasteiger partial charge in [-0.25, -0.2) is 4.79 Å². The number of benzene rings is 1. The van der Waals surface area contributed by atoms with E-state index >= 15 is 0 Å². The number of nitriles is 1. The van der Waals surface area contributed by atoms with E-state index in [9.17, 15) is 4.79 Å². The van der Waals surface area contributed by atoms with Crippen LogP contribution < -0.4 is 0 Å². The van der Waals surface area contributed by atoms with Crippen molar-refractivity contribution in [2.24, 2.45) is 0 Å². The SMILES string of the molecule is CN(CCc1cccc(C#N)c1)C(=O)O. The standard InChI is InChI=1S/C11H12N2O2/c1-13(11(14)15)6-5-9-3-2-4-10(7-9)8-12/h2-4,7H,5-6H2,1H3,(H,14,15). The molecule has 0 heterocycles. The maximum Gasteiger partial charge on any atom is 0.407 e. The van der Waals surface area contributed by atoms with Crippen LogP contribution in [-0.4, -0.2) is 29.7 Å². The van der Waals surface area contributed by atoms with Crippen molar-refractivity contribution in [3.63, 3.8) is 0 Å². The molecule has 0 saturated carbocycles. The molecular weight excluding hydrogens is 192 g/mol. The van der Waals surface area contributed by atoms with E-state index in [1.54, 1.807) is 18.2 Å². The normalized spacial score (nSPS) is 9.33. The van der Waals surface area contributed by atoms with Crippen molar-refractivity contribution >= 4 is 6.09 Å². The first-order valence-electron chi connectivity index (χ1n) is 4.56. The van der Waals surface area contributed by atoms with E-state index < -0.39 is 6.09 Å². The molecule has 15 heavy (non-hydrogen) atoms. The summed E-state index contributed by atoms with van der Waals surface area (Å²) in [5, 5.41) is 17.3. The van der Waals surface area contributed by atoms with Crippen LogP contribution >= 0.6 is 0 Å². The summed E-state index contributed by atoms with van der Waals surface area (Å²) < 4.78 is 0. The van der Waals surface area contributed by atoms with Gasteiger partial charge in [-0.15, -0.1) is 0 Å². The first-order chi connectivity index (χ1) is 7.13. The lowest BCUT2D eigenvalue weighted by atomic mass is 10.1. The molecule has 0 bridgehead atoms. The van der Waals surface area contributed by atoms with Gasteiger partial charge in [-0.2, -0.15) is 5.26 Å². The third kappa shape index (κ3) is 3.31. The minimum atomic E-state index is -0.938. The lowest BCUT2D eigenvalue weighted by Crippen LogP contribution is -2.26. The van der Waals surface area contributed by atoms with Gasteiger partial charge in [0.2, 0.25) is 0 Å². The summed E-state index contributed by atoms with van der Waals surface area (Å²) >= 11 is 0. The molecule has 0 aliphatic carbocycles. The van der Waals surface area contributed by atoms with Gasteiger partial charge in [0.15, 0.2) is 0 Å². The van der Waals surface area contributed by atoms with Crippen LogP contribution in [0, 0.1) is 11.3 Å². The second-order valence-electron chi connectivity index (χ2n) is 3.27. The molecule has 1 aromatic rings. The highest BCUT2D eigenvalue weighted by molar-refractivity contribution is 5.64. The average Bonchev–Trinajstić information content (AvgIpc) is 2.26. The average molecular weight is 204 g/mol. The summed E-state index contributed by atoms with van der Waals surface area (Å²) in [5.41, 5.74) is 1.58. The fraction of sp³-hybridized carbons (Fsp3) is 0.273. The first-order valence-corrected chi connectivity index (χ1v) is 4.56. The molecule has 0 radical (unpaired) electrons. The monoisotopic (exact) mass is 204 g/mol. The van der Waals surface area contributed by atoms with Crippen molar-refractivity contribution in [1.29, 1.82) is 5.26 Å². The Balaban J connectivity index is 2.58. The predicted molar refractivity (Wildman–Crippen MR) is 55.5 cm³/mol. The van der Waals surface area contributed by atoms with Crippen LogP contribution in [0.2, 0.25) is 0 Å². The van der Waals surface area contributed by atoms with Gasteiger partial charge in [-0.1, -0.05) is 12.1 Å². The van der Waals surface area contributed by atoms with E-state index in [1.807, 2.05) is 12.1 Å². The van der Waals surface area contributed by atoms with E-state index in [0.29, 0.717) is 18.5 Å². The molecule has 78 valence electrons. The van der Waals surface area contributed by atoms with Crippen LogP contribution in [0.1, 0.15) is 11.1 Å². The molecule has 0 aliphatic rings. The number of nitrogens with zero attached hydrogens (tertiary/aromatic N) is 2. The highest BCUT2D eigenvalue weighted by atomic mass is 16.4. The minimum absolute atomic E-state index is 0.435. The van der Waals surface area contributed by atoms with Gasteiger partial charge in [0.25, 0.3) is 0 Å². The zero-order valence-corrected chi connectivity index (χ0v) is 8.47. The van der Waals surface area contributed by atoms with Crippen molar-refractivity contribution in [2.45, 2.75) is 6.42 Å². The van der Waals surface area contributed by atoms with Gasteiger partial charge in [0.1, 0.15) is 0 Å². The largest absolute Gasteiger partial charge is 0.465 e. The number of rotatable bonds is 3. The number of likely N-dealkylation sites (N-methyl/N-ethyl adjacent to an activating group) is 1.